The summed E-state index contributed by atoms with van der Waals surface area (Å²) < 4.78 is 5.15. The van der Waals surface area contributed by atoms with Crippen molar-refractivity contribution in [2.24, 2.45) is 0 Å². The third kappa shape index (κ3) is 3.46. The lowest BCUT2D eigenvalue weighted by atomic mass is 10.1. The van der Waals surface area contributed by atoms with Crippen LogP contribution in [0.4, 0.5) is 0 Å². The van der Waals surface area contributed by atoms with Gasteiger partial charge in [-0.25, -0.2) is 0 Å². The van der Waals surface area contributed by atoms with Crippen molar-refractivity contribution in [3.8, 4) is 0 Å². The molecular weight excluding hydrogens is 268 g/mol. The summed E-state index contributed by atoms with van der Waals surface area (Å²) in [5.41, 5.74) is 1.18. The molecule has 110 valence electrons. The van der Waals surface area contributed by atoms with Crippen LogP contribution in [0.15, 0.2) is 34.9 Å². The second-order valence-corrected chi connectivity index (χ2v) is 5.10. The fraction of sp³-hybridized carbons (Fsp3) is 0.400. The van der Waals surface area contributed by atoms with Crippen LogP contribution in [0.25, 0.3) is 0 Å². The SMILES string of the molecule is O=C(NCCc1ccccc1)c1noc(C2CCCN2)n1. The number of hydrogen-bond acceptors (Lipinski definition) is 5. The topological polar surface area (TPSA) is 80.0 Å². The predicted molar refractivity (Wildman–Crippen MR) is 76.8 cm³/mol. The molecule has 6 nitrogen and oxygen atoms in total. The summed E-state index contributed by atoms with van der Waals surface area (Å²) in [6.45, 7) is 1.50. The van der Waals surface area contributed by atoms with E-state index in [1.54, 1.807) is 0 Å². The largest absolute Gasteiger partial charge is 0.349 e. The van der Waals surface area contributed by atoms with Crippen molar-refractivity contribution in [2.45, 2.75) is 25.3 Å². The summed E-state index contributed by atoms with van der Waals surface area (Å²) in [5, 5.41) is 9.82. The van der Waals surface area contributed by atoms with Crippen LogP contribution in [0.2, 0.25) is 0 Å². The Morgan fingerprint density at radius 3 is 3.00 bits per heavy atom. The van der Waals surface area contributed by atoms with Gasteiger partial charge in [0.15, 0.2) is 0 Å². The first-order valence-corrected chi connectivity index (χ1v) is 7.22. The lowest BCUT2D eigenvalue weighted by Gasteiger charge is -2.03. The van der Waals surface area contributed by atoms with E-state index >= 15 is 0 Å². The summed E-state index contributed by atoms with van der Waals surface area (Å²) in [6.07, 6.45) is 2.84. The van der Waals surface area contributed by atoms with Crippen LogP contribution in [0.3, 0.4) is 0 Å². The Labute approximate surface area is 122 Å². The van der Waals surface area contributed by atoms with Crippen molar-refractivity contribution in [1.82, 2.24) is 20.8 Å². The van der Waals surface area contributed by atoms with Crippen LogP contribution in [0.5, 0.6) is 0 Å². The molecule has 1 aromatic carbocycles. The molecule has 1 aliphatic heterocycles. The molecule has 1 aliphatic rings. The number of aromatic nitrogens is 2. The fourth-order valence-electron chi connectivity index (χ4n) is 2.41. The molecule has 1 saturated heterocycles. The lowest BCUT2D eigenvalue weighted by Crippen LogP contribution is -2.26. The molecule has 21 heavy (non-hydrogen) atoms. The van der Waals surface area contributed by atoms with Gasteiger partial charge in [0.2, 0.25) is 5.89 Å². The van der Waals surface area contributed by atoms with Gasteiger partial charge in [-0.05, 0) is 31.4 Å². The molecule has 0 saturated carbocycles. The fourth-order valence-corrected chi connectivity index (χ4v) is 2.41. The number of amides is 1. The number of benzene rings is 1. The Morgan fingerprint density at radius 1 is 1.38 bits per heavy atom. The second-order valence-electron chi connectivity index (χ2n) is 5.10. The van der Waals surface area contributed by atoms with Crippen LogP contribution in [0.1, 0.15) is 41.0 Å². The molecule has 1 amide bonds. The highest BCUT2D eigenvalue weighted by atomic mass is 16.5. The number of hydrogen-bond donors (Lipinski definition) is 2. The first-order valence-electron chi connectivity index (χ1n) is 7.22. The Morgan fingerprint density at radius 2 is 2.24 bits per heavy atom. The van der Waals surface area contributed by atoms with Crippen LogP contribution in [-0.2, 0) is 6.42 Å². The van der Waals surface area contributed by atoms with Gasteiger partial charge in [0.05, 0.1) is 6.04 Å². The van der Waals surface area contributed by atoms with E-state index in [0.29, 0.717) is 12.4 Å². The molecule has 3 rings (SSSR count). The monoisotopic (exact) mass is 286 g/mol. The lowest BCUT2D eigenvalue weighted by molar-refractivity contribution is 0.0941. The average molecular weight is 286 g/mol. The van der Waals surface area contributed by atoms with Gasteiger partial charge < -0.3 is 15.2 Å². The molecule has 2 aromatic rings. The molecule has 6 heteroatoms. The van der Waals surface area contributed by atoms with E-state index in [-0.39, 0.29) is 17.8 Å². The minimum Gasteiger partial charge on any atom is -0.349 e. The molecule has 1 aromatic heterocycles. The van der Waals surface area contributed by atoms with Gasteiger partial charge >= 0.3 is 0 Å². The summed E-state index contributed by atoms with van der Waals surface area (Å²) in [5.74, 6) is 0.311. The minimum absolute atomic E-state index is 0.0865. The van der Waals surface area contributed by atoms with E-state index in [1.807, 2.05) is 30.3 Å². The van der Waals surface area contributed by atoms with Crippen molar-refractivity contribution in [3.63, 3.8) is 0 Å². The Bertz CT molecular complexity index is 591. The number of nitrogens with one attached hydrogen (secondary N) is 2. The molecule has 1 unspecified atom stereocenters. The Balaban J connectivity index is 1.51. The zero-order valence-electron chi connectivity index (χ0n) is 11.7. The summed E-state index contributed by atoms with van der Waals surface area (Å²) >= 11 is 0. The normalized spacial score (nSPS) is 17.8. The Kier molecular flexibility index (Phi) is 4.25. The Hall–Kier alpha value is -2.21. The second kappa shape index (κ2) is 6.49. The number of rotatable bonds is 5. The number of nitrogens with zero attached hydrogens (tertiary/aromatic N) is 2. The molecule has 1 atom stereocenters. The molecule has 2 heterocycles. The summed E-state index contributed by atoms with van der Waals surface area (Å²) in [7, 11) is 0. The quantitative estimate of drug-likeness (QED) is 0.870. The smallest absolute Gasteiger partial charge is 0.292 e. The van der Waals surface area contributed by atoms with Gasteiger partial charge in [0.1, 0.15) is 0 Å². The number of carbonyl (C=O) groups excluding carboxylic acids is 1. The molecule has 0 spiro atoms. The highest BCUT2D eigenvalue weighted by molar-refractivity contribution is 5.90. The van der Waals surface area contributed by atoms with Crippen LogP contribution < -0.4 is 10.6 Å². The zero-order chi connectivity index (χ0) is 14.5. The van der Waals surface area contributed by atoms with Crippen molar-refractivity contribution in [3.05, 3.63) is 47.6 Å². The first kappa shape index (κ1) is 13.8. The van der Waals surface area contributed by atoms with Gasteiger partial charge in [-0.2, -0.15) is 4.98 Å². The van der Waals surface area contributed by atoms with E-state index in [4.69, 9.17) is 4.52 Å². The summed E-state index contributed by atoms with van der Waals surface area (Å²) in [6, 6.07) is 10.1. The van der Waals surface area contributed by atoms with Crippen LogP contribution in [0, 0.1) is 0 Å². The average Bonchev–Trinajstić information content (AvgIpc) is 3.19. The third-order valence-electron chi connectivity index (χ3n) is 3.55. The highest BCUT2D eigenvalue weighted by Crippen LogP contribution is 2.20. The maximum Gasteiger partial charge on any atom is 0.292 e. The van der Waals surface area contributed by atoms with E-state index in [2.05, 4.69) is 20.8 Å². The van der Waals surface area contributed by atoms with Crippen molar-refractivity contribution in [1.29, 1.82) is 0 Å². The third-order valence-corrected chi connectivity index (χ3v) is 3.55. The standard InChI is InChI=1S/C15H18N4O2/c20-14(17-10-8-11-5-2-1-3-6-11)13-18-15(21-19-13)12-7-4-9-16-12/h1-3,5-6,12,16H,4,7-10H2,(H,17,20). The minimum atomic E-state index is -0.293. The van der Waals surface area contributed by atoms with Crippen LogP contribution >= 0.6 is 0 Å². The van der Waals surface area contributed by atoms with Gasteiger partial charge in [0.25, 0.3) is 11.7 Å². The predicted octanol–water partition coefficient (Wildman–Crippen LogP) is 1.47. The van der Waals surface area contributed by atoms with Gasteiger partial charge in [-0.3, -0.25) is 4.79 Å². The molecule has 0 radical (unpaired) electrons. The molecule has 1 fully saturated rings. The van der Waals surface area contributed by atoms with E-state index in [9.17, 15) is 4.79 Å². The molecule has 0 bridgehead atoms. The van der Waals surface area contributed by atoms with Gasteiger partial charge in [0, 0.05) is 6.54 Å². The zero-order valence-corrected chi connectivity index (χ0v) is 11.7. The molecular formula is C15H18N4O2. The highest BCUT2D eigenvalue weighted by Gasteiger charge is 2.24. The van der Waals surface area contributed by atoms with Gasteiger partial charge in [-0.1, -0.05) is 35.5 Å². The first-order chi connectivity index (χ1) is 10.3. The maximum absolute atomic E-state index is 11.9. The van der Waals surface area contributed by atoms with Gasteiger partial charge in [-0.15, -0.1) is 0 Å². The van der Waals surface area contributed by atoms with Crippen LogP contribution in [-0.4, -0.2) is 29.1 Å². The molecule has 2 N–H and O–H groups in total. The van der Waals surface area contributed by atoms with E-state index in [0.717, 1.165) is 25.8 Å². The van der Waals surface area contributed by atoms with Crippen molar-refractivity contribution >= 4 is 5.91 Å². The van der Waals surface area contributed by atoms with Crippen molar-refractivity contribution < 1.29 is 9.32 Å². The maximum atomic E-state index is 11.9. The summed E-state index contributed by atoms with van der Waals surface area (Å²) in [4.78, 5) is 16.1. The molecule has 0 aliphatic carbocycles. The van der Waals surface area contributed by atoms with E-state index in [1.165, 1.54) is 5.56 Å². The number of carbonyl (C=O) groups is 1. The van der Waals surface area contributed by atoms with Crippen molar-refractivity contribution in [2.75, 3.05) is 13.1 Å². The van der Waals surface area contributed by atoms with E-state index < -0.39 is 0 Å².